The maximum atomic E-state index is 13.8. The number of ether oxygens (including phenoxy) is 3. The molecule has 2 unspecified atom stereocenters. The predicted octanol–water partition coefficient (Wildman–Crippen LogP) is 4.58. The Morgan fingerprint density at radius 2 is 1.95 bits per heavy atom. The number of methoxy groups -OCH3 is 1. The number of thiophene rings is 1. The van der Waals surface area contributed by atoms with Crippen molar-refractivity contribution < 1.29 is 23.8 Å². The molecule has 0 N–H and O–H groups in total. The Morgan fingerprint density at radius 1 is 1.11 bits per heavy atom. The van der Waals surface area contributed by atoms with Crippen molar-refractivity contribution in [2.75, 3.05) is 40.0 Å². The fourth-order valence-corrected chi connectivity index (χ4v) is 5.94. The SMILES string of the molecule is COc1cccc(C(=O)N(CC(=O)N2CCc3sccc3C2COc2ccccc2)CC2CCCO2)c1. The molecule has 2 aliphatic heterocycles. The highest BCUT2D eigenvalue weighted by Crippen LogP contribution is 2.34. The van der Waals surface area contributed by atoms with E-state index in [-0.39, 0.29) is 30.5 Å². The number of para-hydroxylation sites is 1. The summed E-state index contributed by atoms with van der Waals surface area (Å²) in [5, 5.41) is 2.07. The van der Waals surface area contributed by atoms with Crippen molar-refractivity contribution in [3.8, 4) is 11.5 Å². The normalized spacial score (nSPS) is 18.8. The van der Waals surface area contributed by atoms with Crippen molar-refractivity contribution in [1.82, 2.24) is 9.80 Å². The third-order valence-corrected chi connectivity index (χ3v) is 7.94. The van der Waals surface area contributed by atoms with Gasteiger partial charge in [0.05, 0.1) is 19.3 Å². The molecular formula is C29H32N2O5S. The number of fused-ring (bicyclic) bond motifs is 1. The summed E-state index contributed by atoms with van der Waals surface area (Å²) in [4.78, 5) is 32.2. The van der Waals surface area contributed by atoms with Gasteiger partial charge in [0.25, 0.3) is 5.91 Å². The molecule has 2 atom stereocenters. The lowest BCUT2D eigenvalue weighted by Gasteiger charge is -2.37. The highest BCUT2D eigenvalue weighted by Gasteiger charge is 2.34. The van der Waals surface area contributed by atoms with Gasteiger partial charge in [-0.05, 0) is 66.6 Å². The molecule has 2 aliphatic rings. The van der Waals surface area contributed by atoms with Crippen LogP contribution in [0, 0.1) is 0 Å². The Balaban J connectivity index is 1.36. The van der Waals surface area contributed by atoms with E-state index in [1.54, 1.807) is 47.6 Å². The standard InChI is InChI=1S/C29H32N2O5S/c1-34-23-10-5-7-21(17-23)29(33)30(18-24-11-6-15-35-24)19-28(32)31-14-12-27-25(13-16-37-27)26(31)20-36-22-8-3-2-4-9-22/h2-5,7-10,13,16-17,24,26H,6,11-12,14-15,18-20H2,1H3. The number of benzene rings is 2. The Hall–Kier alpha value is -3.36. The van der Waals surface area contributed by atoms with E-state index in [2.05, 4.69) is 11.4 Å². The molecule has 1 fully saturated rings. The van der Waals surface area contributed by atoms with Crippen LogP contribution in [0.2, 0.25) is 0 Å². The van der Waals surface area contributed by atoms with E-state index in [4.69, 9.17) is 14.2 Å². The second kappa shape index (κ2) is 11.8. The topological polar surface area (TPSA) is 68.3 Å². The fraction of sp³-hybridized carbons (Fsp3) is 0.379. The first kappa shape index (κ1) is 25.3. The molecule has 1 saturated heterocycles. The van der Waals surface area contributed by atoms with Gasteiger partial charge in [-0.25, -0.2) is 0 Å². The number of carbonyl (C=O) groups excluding carboxylic acids is 2. The lowest BCUT2D eigenvalue weighted by atomic mass is 10.00. The van der Waals surface area contributed by atoms with Gasteiger partial charge in [-0.1, -0.05) is 24.3 Å². The van der Waals surface area contributed by atoms with Crippen LogP contribution in [0.5, 0.6) is 11.5 Å². The van der Waals surface area contributed by atoms with Gasteiger partial charge in [-0.3, -0.25) is 9.59 Å². The second-order valence-electron chi connectivity index (χ2n) is 9.33. The lowest BCUT2D eigenvalue weighted by Crippen LogP contribution is -2.49. The van der Waals surface area contributed by atoms with Crippen LogP contribution in [0.4, 0.5) is 0 Å². The maximum Gasteiger partial charge on any atom is 0.254 e. The van der Waals surface area contributed by atoms with Crippen molar-refractivity contribution in [1.29, 1.82) is 0 Å². The van der Waals surface area contributed by atoms with E-state index in [1.165, 1.54) is 4.88 Å². The summed E-state index contributed by atoms with van der Waals surface area (Å²) in [6, 6.07) is 18.6. The zero-order valence-electron chi connectivity index (χ0n) is 21.0. The van der Waals surface area contributed by atoms with Crippen LogP contribution in [0.25, 0.3) is 0 Å². The molecule has 2 aromatic carbocycles. The minimum atomic E-state index is -0.209. The number of hydrogen-bond donors (Lipinski definition) is 0. The van der Waals surface area contributed by atoms with Crippen LogP contribution in [-0.2, 0) is 16.0 Å². The van der Waals surface area contributed by atoms with Gasteiger partial charge >= 0.3 is 0 Å². The molecule has 194 valence electrons. The fourth-order valence-electron chi connectivity index (χ4n) is 5.01. The average Bonchev–Trinajstić information content (AvgIpc) is 3.64. The Bertz CT molecular complexity index is 1210. The van der Waals surface area contributed by atoms with Crippen LogP contribution in [0.3, 0.4) is 0 Å². The molecule has 2 amide bonds. The van der Waals surface area contributed by atoms with Gasteiger partial charge in [0.1, 0.15) is 24.7 Å². The predicted molar refractivity (Wildman–Crippen MR) is 142 cm³/mol. The molecular weight excluding hydrogens is 488 g/mol. The molecule has 0 spiro atoms. The van der Waals surface area contributed by atoms with Gasteiger partial charge in [-0.2, -0.15) is 0 Å². The first-order valence-corrected chi connectivity index (χ1v) is 13.6. The quantitative estimate of drug-likeness (QED) is 0.413. The van der Waals surface area contributed by atoms with Crippen LogP contribution in [-0.4, -0.2) is 67.7 Å². The molecule has 0 radical (unpaired) electrons. The monoisotopic (exact) mass is 520 g/mol. The Labute approximate surface area is 221 Å². The number of nitrogens with zero attached hydrogens (tertiary/aromatic N) is 2. The van der Waals surface area contributed by atoms with Gasteiger partial charge in [0.15, 0.2) is 0 Å². The van der Waals surface area contributed by atoms with Gasteiger partial charge in [0.2, 0.25) is 5.91 Å². The first-order valence-electron chi connectivity index (χ1n) is 12.7. The van der Waals surface area contributed by atoms with E-state index in [0.29, 0.717) is 37.6 Å². The van der Waals surface area contributed by atoms with Crippen molar-refractivity contribution in [2.45, 2.75) is 31.4 Å². The summed E-state index contributed by atoms with van der Waals surface area (Å²) in [6.07, 6.45) is 2.58. The molecule has 3 aromatic rings. The maximum absolute atomic E-state index is 13.8. The van der Waals surface area contributed by atoms with Crippen molar-refractivity contribution in [2.24, 2.45) is 0 Å². The zero-order valence-corrected chi connectivity index (χ0v) is 21.8. The van der Waals surface area contributed by atoms with Gasteiger partial charge < -0.3 is 24.0 Å². The van der Waals surface area contributed by atoms with Crippen LogP contribution >= 0.6 is 11.3 Å². The molecule has 7 nitrogen and oxygen atoms in total. The number of hydrogen-bond acceptors (Lipinski definition) is 6. The van der Waals surface area contributed by atoms with E-state index in [9.17, 15) is 9.59 Å². The van der Waals surface area contributed by atoms with E-state index in [0.717, 1.165) is 30.6 Å². The summed E-state index contributed by atoms with van der Waals surface area (Å²) in [5.74, 6) is 1.08. The average molecular weight is 521 g/mol. The van der Waals surface area contributed by atoms with E-state index in [1.807, 2.05) is 35.2 Å². The molecule has 5 rings (SSSR count). The van der Waals surface area contributed by atoms with Crippen molar-refractivity contribution in [3.05, 3.63) is 82.0 Å². The van der Waals surface area contributed by atoms with Crippen LogP contribution in [0.1, 0.15) is 39.7 Å². The molecule has 0 saturated carbocycles. The number of amides is 2. The highest BCUT2D eigenvalue weighted by atomic mass is 32.1. The van der Waals surface area contributed by atoms with Gasteiger partial charge in [0, 0.05) is 30.1 Å². The van der Waals surface area contributed by atoms with Crippen LogP contribution in [0.15, 0.2) is 66.0 Å². The third-order valence-electron chi connectivity index (χ3n) is 6.94. The minimum Gasteiger partial charge on any atom is -0.497 e. The highest BCUT2D eigenvalue weighted by molar-refractivity contribution is 7.10. The molecule has 37 heavy (non-hydrogen) atoms. The smallest absolute Gasteiger partial charge is 0.254 e. The summed E-state index contributed by atoms with van der Waals surface area (Å²) >= 11 is 1.72. The lowest BCUT2D eigenvalue weighted by molar-refractivity contribution is -0.135. The summed E-state index contributed by atoms with van der Waals surface area (Å²) in [5.41, 5.74) is 1.62. The first-order chi connectivity index (χ1) is 18.1. The van der Waals surface area contributed by atoms with E-state index >= 15 is 0 Å². The van der Waals surface area contributed by atoms with Crippen molar-refractivity contribution in [3.63, 3.8) is 0 Å². The zero-order chi connectivity index (χ0) is 25.6. The molecule has 3 heterocycles. The van der Waals surface area contributed by atoms with Crippen LogP contribution < -0.4 is 9.47 Å². The molecule has 0 bridgehead atoms. The third kappa shape index (κ3) is 5.97. The molecule has 8 heteroatoms. The Morgan fingerprint density at radius 3 is 2.73 bits per heavy atom. The minimum absolute atomic E-state index is 0.0167. The summed E-state index contributed by atoms with van der Waals surface area (Å²) in [7, 11) is 1.57. The van der Waals surface area contributed by atoms with E-state index < -0.39 is 0 Å². The summed E-state index contributed by atoms with van der Waals surface area (Å²) < 4.78 is 17.2. The van der Waals surface area contributed by atoms with Gasteiger partial charge in [-0.15, -0.1) is 11.3 Å². The number of rotatable bonds is 9. The largest absolute Gasteiger partial charge is 0.497 e. The number of carbonyl (C=O) groups is 2. The molecule has 0 aliphatic carbocycles. The Kier molecular flexibility index (Phi) is 8.06. The van der Waals surface area contributed by atoms with Crippen molar-refractivity contribution >= 4 is 23.2 Å². The second-order valence-corrected chi connectivity index (χ2v) is 10.3. The summed E-state index contributed by atoms with van der Waals surface area (Å²) in [6.45, 7) is 2.00. The molecule has 1 aromatic heterocycles.